The number of nitrogens with zero attached hydrogens (tertiary/aromatic N) is 1. The van der Waals surface area contributed by atoms with Crippen LogP contribution in [0.1, 0.15) is 26.7 Å². The molecule has 16 heavy (non-hydrogen) atoms. The van der Waals surface area contributed by atoms with E-state index in [1.165, 1.54) is 0 Å². The zero-order valence-corrected chi connectivity index (χ0v) is 9.69. The van der Waals surface area contributed by atoms with Gasteiger partial charge in [-0.15, -0.1) is 0 Å². The molecule has 0 aromatic heterocycles. The minimum Gasteiger partial charge on any atom is -0.422 e. The van der Waals surface area contributed by atoms with Crippen molar-refractivity contribution >= 4 is 11.9 Å². The quantitative estimate of drug-likeness (QED) is 0.509. The lowest BCUT2D eigenvalue weighted by Crippen LogP contribution is -2.49. The van der Waals surface area contributed by atoms with Gasteiger partial charge in [0.15, 0.2) is 5.92 Å². The summed E-state index contributed by atoms with van der Waals surface area (Å²) in [6.07, 6.45) is 2.25. The first kappa shape index (κ1) is 11.4. The van der Waals surface area contributed by atoms with Crippen LogP contribution in [-0.4, -0.2) is 42.3 Å². The minimum atomic E-state index is -1.12. The van der Waals surface area contributed by atoms with Crippen LogP contribution in [0.25, 0.3) is 0 Å². The predicted molar refractivity (Wildman–Crippen MR) is 55.4 cm³/mol. The number of likely N-dealkylation sites (tertiary alicyclic amines) is 1. The topological polar surface area (TPSA) is 55.8 Å². The van der Waals surface area contributed by atoms with E-state index in [-0.39, 0.29) is 0 Å². The molecule has 2 aliphatic heterocycles. The highest BCUT2D eigenvalue weighted by Crippen LogP contribution is 2.24. The average molecular weight is 227 g/mol. The summed E-state index contributed by atoms with van der Waals surface area (Å²) >= 11 is 0. The lowest BCUT2D eigenvalue weighted by Gasteiger charge is -2.34. The molecule has 0 unspecified atom stereocenters. The van der Waals surface area contributed by atoms with Crippen LogP contribution in [0.5, 0.6) is 0 Å². The Morgan fingerprint density at radius 1 is 1.19 bits per heavy atom. The summed E-state index contributed by atoms with van der Waals surface area (Å²) in [6, 6.07) is 0. The van der Waals surface area contributed by atoms with Crippen molar-refractivity contribution in [2.24, 2.45) is 5.92 Å². The number of ether oxygens (including phenoxy) is 2. The highest BCUT2D eigenvalue weighted by atomic mass is 16.7. The van der Waals surface area contributed by atoms with Gasteiger partial charge in [-0.05, 0) is 25.9 Å². The van der Waals surface area contributed by atoms with Gasteiger partial charge in [-0.25, -0.2) is 0 Å². The van der Waals surface area contributed by atoms with Crippen LogP contribution in [0.15, 0.2) is 0 Å². The third-order valence-electron chi connectivity index (χ3n) is 2.90. The largest absolute Gasteiger partial charge is 0.422 e. The van der Waals surface area contributed by atoms with Gasteiger partial charge in [-0.3, -0.25) is 9.59 Å². The van der Waals surface area contributed by atoms with Crippen molar-refractivity contribution in [3.8, 4) is 0 Å². The van der Waals surface area contributed by atoms with Crippen LogP contribution in [0.4, 0.5) is 0 Å². The molecule has 0 spiro atoms. The van der Waals surface area contributed by atoms with E-state index in [0.717, 1.165) is 25.9 Å². The fourth-order valence-electron chi connectivity index (χ4n) is 2.12. The first-order valence-electron chi connectivity index (χ1n) is 5.66. The Morgan fingerprint density at radius 3 is 2.19 bits per heavy atom. The highest BCUT2D eigenvalue weighted by Gasteiger charge is 2.43. The monoisotopic (exact) mass is 227 g/mol. The van der Waals surface area contributed by atoms with Crippen LogP contribution in [0, 0.1) is 5.92 Å². The summed E-state index contributed by atoms with van der Waals surface area (Å²) in [5, 5.41) is 0. The SMILES string of the molecule is CC1(C)OC(=O)C(CN2CCCC2)C(=O)O1. The van der Waals surface area contributed by atoms with Crippen LogP contribution in [0.3, 0.4) is 0 Å². The second kappa shape index (κ2) is 4.05. The first-order valence-corrected chi connectivity index (χ1v) is 5.66. The maximum atomic E-state index is 11.7. The Labute approximate surface area is 94.7 Å². The lowest BCUT2D eigenvalue weighted by molar-refractivity contribution is -0.240. The number of carbonyl (C=O) groups is 2. The summed E-state index contributed by atoms with van der Waals surface area (Å²) < 4.78 is 10.1. The van der Waals surface area contributed by atoms with Gasteiger partial charge in [0.05, 0.1) is 0 Å². The number of carbonyl (C=O) groups excluding carboxylic acids is 2. The van der Waals surface area contributed by atoms with E-state index >= 15 is 0 Å². The molecule has 5 heteroatoms. The Kier molecular flexibility index (Phi) is 2.88. The number of esters is 2. The zero-order chi connectivity index (χ0) is 11.8. The maximum absolute atomic E-state index is 11.7. The summed E-state index contributed by atoms with van der Waals surface area (Å²) in [5.74, 6) is -2.82. The number of rotatable bonds is 2. The van der Waals surface area contributed by atoms with E-state index in [1.54, 1.807) is 13.8 Å². The third-order valence-corrected chi connectivity index (χ3v) is 2.90. The second-order valence-corrected chi connectivity index (χ2v) is 4.80. The summed E-state index contributed by atoms with van der Waals surface area (Å²) in [6.45, 7) is 5.44. The zero-order valence-electron chi connectivity index (χ0n) is 9.69. The van der Waals surface area contributed by atoms with Crippen molar-refractivity contribution in [2.75, 3.05) is 19.6 Å². The second-order valence-electron chi connectivity index (χ2n) is 4.80. The molecule has 5 nitrogen and oxygen atoms in total. The molecule has 0 N–H and O–H groups in total. The molecule has 0 saturated carbocycles. The van der Waals surface area contributed by atoms with Crippen LogP contribution >= 0.6 is 0 Å². The summed E-state index contributed by atoms with van der Waals surface area (Å²) in [5.41, 5.74) is 0. The van der Waals surface area contributed by atoms with Crippen molar-refractivity contribution in [1.82, 2.24) is 4.90 Å². The molecule has 0 aromatic rings. The minimum absolute atomic E-state index is 0.424. The molecule has 90 valence electrons. The average Bonchev–Trinajstić information content (AvgIpc) is 2.62. The molecule has 0 aromatic carbocycles. The van der Waals surface area contributed by atoms with E-state index in [0.29, 0.717) is 6.54 Å². The third kappa shape index (κ3) is 2.35. The smallest absolute Gasteiger partial charge is 0.324 e. The normalized spacial score (nSPS) is 26.6. The fraction of sp³-hybridized carbons (Fsp3) is 0.818. The molecule has 2 rings (SSSR count). The Balaban J connectivity index is 1.99. The molecule has 2 saturated heterocycles. The van der Waals surface area contributed by atoms with Crippen molar-refractivity contribution in [3.05, 3.63) is 0 Å². The Morgan fingerprint density at radius 2 is 1.69 bits per heavy atom. The highest BCUT2D eigenvalue weighted by molar-refractivity contribution is 5.96. The van der Waals surface area contributed by atoms with Crippen molar-refractivity contribution < 1.29 is 19.1 Å². The Hall–Kier alpha value is -1.10. The van der Waals surface area contributed by atoms with Crippen LogP contribution in [-0.2, 0) is 19.1 Å². The number of hydrogen-bond donors (Lipinski definition) is 0. The summed E-state index contributed by atoms with van der Waals surface area (Å²) in [4.78, 5) is 25.4. The van der Waals surface area contributed by atoms with E-state index in [4.69, 9.17) is 9.47 Å². The first-order chi connectivity index (χ1) is 7.48. The van der Waals surface area contributed by atoms with Crippen molar-refractivity contribution in [2.45, 2.75) is 32.5 Å². The molecule has 0 radical (unpaired) electrons. The molecule has 0 bridgehead atoms. The van der Waals surface area contributed by atoms with E-state index < -0.39 is 23.6 Å². The Bertz CT molecular complexity index is 287. The number of cyclic esters (lactones) is 2. The van der Waals surface area contributed by atoms with Gasteiger partial charge >= 0.3 is 11.9 Å². The van der Waals surface area contributed by atoms with Gasteiger partial charge in [0.1, 0.15) is 0 Å². The molecule has 2 aliphatic rings. The van der Waals surface area contributed by atoms with Crippen molar-refractivity contribution in [3.63, 3.8) is 0 Å². The number of hydrogen-bond acceptors (Lipinski definition) is 5. The lowest BCUT2D eigenvalue weighted by atomic mass is 10.1. The van der Waals surface area contributed by atoms with Gasteiger partial charge in [0.25, 0.3) is 5.79 Å². The van der Waals surface area contributed by atoms with Gasteiger partial charge < -0.3 is 14.4 Å². The molecular formula is C11H17NO4. The molecule has 0 amide bonds. The molecule has 0 atom stereocenters. The van der Waals surface area contributed by atoms with E-state index in [1.807, 2.05) is 0 Å². The van der Waals surface area contributed by atoms with Crippen molar-refractivity contribution in [1.29, 1.82) is 0 Å². The fourth-order valence-corrected chi connectivity index (χ4v) is 2.12. The molecule has 0 aliphatic carbocycles. The van der Waals surface area contributed by atoms with Gasteiger partial charge in [0.2, 0.25) is 0 Å². The van der Waals surface area contributed by atoms with E-state index in [9.17, 15) is 9.59 Å². The van der Waals surface area contributed by atoms with Gasteiger partial charge in [0, 0.05) is 20.4 Å². The molecule has 2 fully saturated rings. The van der Waals surface area contributed by atoms with E-state index in [2.05, 4.69) is 4.90 Å². The molecular weight excluding hydrogens is 210 g/mol. The van der Waals surface area contributed by atoms with Gasteiger partial charge in [-0.1, -0.05) is 0 Å². The molecule has 2 heterocycles. The predicted octanol–water partition coefficient (Wildman–Crippen LogP) is 0.534. The standard InChI is InChI=1S/C11H17NO4/c1-11(2)15-9(13)8(10(14)16-11)7-12-5-3-4-6-12/h8H,3-7H2,1-2H3. The maximum Gasteiger partial charge on any atom is 0.324 e. The van der Waals surface area contributed by atoms with Gasteiger partial charge in [-0.2, -0.15) is 0 Å². The van der Waals surface area contributed by atoms with Crippen LogP contribution < -0.4 is 0 Å². The van der Waals surface area contributed by atoms with Crippen LogP contribution in [0.2, 0.25) is 0 Å². The summed E-state index contributed by atoms with van der Waals surface area (Å²) in [7, 11) is 0.